The number of nitriles is 1. The van der Waals surface area contributed by atoms with Gasteiger partial charge < -0.3 is 9.64 Å². The van der Waals surface area contributed by atoms with E-state index in [0.29, 0.717) is 31.9 Å². The van der Waals surface area contributed by atoms with Gasteiger partial charge in [0.15, 0.2) is 0 Å². The predicted molar refractivity (Wildman–Crippen MR) is 88.7 cm³/mol. The van der Waals surface area contributed by atoms with Crippen molar-refractivity contribution in [1.29, 1.82) is 5.26 Å². The summed E-state index contributed by atoms with van der Waals surface area (Å²) >= 11 is 0. The van der Waals surface area contributed by atoms with E-state index in [0.717, 1.165) is 5.56 Å². The van der Waals surface area contributed by atoms with E-state index in [1.54, 1.807) is 0 Å². The van der Waals surface area contributed by atoms with Gasteiger partial charge in [-0.1, -0.05) is 26.0 Å². The highest BCUT2D eigenvalue weighted by molar-refractivity contribution is 5.82. The number of hydrogen-bond donors (Lipinski definition) is 1. The molecule has 0 saturated carbocycles. The molecule has 0 bridgehead atoms. The van der Waals surface area contributed by atoms with Gasteiger partial charge in [-0.15, -0.1) is 0 Å². The van der Waals surface area contributed by atoms with Gasteiger partial charge in [0.1, 0.15) is 0 Å². The third-order valence-corrected chi connectivity index (χ3v) is 4.22. The summed E-state index contributed by atoms with van der Waals surface area (Å²) in [4.78, 5) is 14.7. The Morgan fingerprint density at radius 3 is 2.35 bits per heavy atom. The average molecular weight is 315 g/mol. The summed E-state index contributed by atoms with van der Waals surface area (Å²) in [6, 6.07) is 9.43. The molecule has 1 aliphatic heterocycles. The summed E-state index contributed by atoms with van der Waals surface area (Å²) in [5.74, 6) is 0.343. The summed E-state index contributed by atoms with van der Waals surface area (Å²) in [5, 5.41) is 12.3. The van der Waals surface area contributed by atoms with Gasteiger partial charge in [-0.25, -0.2) is 0 Å². The summed E-state index contributed by atoms with van der Waals surface area (Å²) in [6.07, 6.45) is 0. The fraction of sp³-hybridized carbons (Fsp3) is 0.556. The van der Waals surface area contributed by atoms with E-state index < -0.39 is 0 Å². The number of rotatable bonds is 5. The Bertz CT molecular complexity index is 557. The molecule has 0 radical (unpaired) electrons. The maximum Gasteiger partial charge on any atom is 0.240 e. The van der Waals surface area contributed by atoms with Crippen LogP contribution in [0.4, 0.5) is 0 Å². The van der Waals surface area contributed by atoms with Crippen LogP contribution < -0.4 is 5.32 Å². The summed E-state index contributed by atoms with van der Waals surface area (Å²) < 4.78 is 5.32. The summed E-state index contributed by atoms with van der Waals surface area (Å²) in [5.41, 5.74) is 1.72. The normalized spacial score (nSPS) is 17.6. The molecule has 1 aromatic carbocycles. The molecule has 1 saturated heterocycles. The lowest BCUT2D eigenvalue weighted by atomic mass is 9.99. The van der Waals surface area contributed by atoms with E-state index in [-0.39, 0.29) is 23.9 Å². The van der Waals surface area contributed by atoms with Gasteiger partial charge in [0.25, 0.3) is 0 Å². The molecule has 1 aromatic rings. The number of nitrogens with zero attached hydrogens (tertiary/aromatic N) is 2. The second kappa shape index (κ2) is 8.09. The van der Waals surface area contributed by atoms with E-state index in [9.17, 15) is 4.79 Å². The number of carbonyl (C=O) groups excluding carboxylic acids is 1. The van der Waals surface area contributed by atoms with E-state index in [1.807, 2.05) is 36.1 Å². The third-order valence-electron chi connectivity index (χ3n) is 4.22. The number of carbonyl (C=O) groups is 1. The van der Waals surface area contributed by atoms with E-state index in [4.69, 9.17) is 10.00 Å². The van der Waals surface area contributed by atoms with Gasteiger partial charge >= 0.3 is 0 Å². The van der Waals surface area contributed by atoms with Crippen LogP contribution in [0.15, 0.2) is 24.3 Å². The average Bonchev–Trinajstić information content (AvgIpc) is 2.59. The minimum absolute atomic E-state index is 0.0418. The third kappa shape index (κ3) is 4.54. The highest BCUT2D eigenvalue weighted by atomic mass is 16.5. The number of amides is 1. The molecule has 1 fully saturated rings. The van der Waals surface area contributed by atoms with Crippen LogP contribution in [0.1, 0.15) is 37.9 Å². The minimum atomic E-state index is -0.223. The smallest absolute Gasteiger partial charge is 0.240 e. The molecule has 1 N–H and O–H groups in total. The van der Waals surface area contributed by atoms with Crippen molar-refractivity contribution in [3.63, 3.8) is 0 Å². The Morgan fingerprint density at radius 1 is 1.22 bits per heavy atom. The molecule has 0 aliphatic carbocycles. The molecule has 2 atom stereocenters. The van der Waals surface area contributed by atoms with Crippen LogP contribution in [0.25, 0.3) is 0 Å². The van der Waals surface area contributed by atoms with Crippen molar-refractivity contribution in [3.8, 4) is 6.07 Å². The van der Waals surface area contributed by atoms with E-state index in [1.165, 1.54) is 0 Å². The highest BCUT2D eigenvalue weighted by Crippen LogP contribution is 2.17. The molecule has 0 unspecified atom stereocenters. The molecular formula is C18H25N3O2. The summed E-state index contributed by atoms with van der Waals surface area (Å²) in [7, 11) is 0. The molecular weight excluding hydrogens is 290 g/mol. The molecule has 1 amide bonds. The Hall–Kier alpha value is -1.90. The molecule has 5 heteroatoms. The Kier molecular flexibility index (Phi) is 6.14. The second-order valence-electron chi connectivity index (χ2n) is 6.28. The molecule has 5 nitrogen and oxygen atoms in total. The van der Waals surface area contributed by atoms with Gasteiger partial charge in [0.2, 0.25) is 5.91 Å². The molecule has 1 heterocycles. The van der Waals surface area contributed by atoms with E-state index >= 15 is 0 Å². The van der Waals surface area contributed by atoms with Crippen LogP contribution in [0.2, 0.25) is 0 Å². The van der Waals surface area contributed by atoms with Gasteiger partial charge in [-0.2, -0.15) is 5.26 Å². The maximum absolute atomic E-state index is 12.8. The topological polar surface area (TPSA) is 65.4 Å². The first-order chi connectivity index (χ1) is 11.0. The van der Waals surface area contributed by atoms with Crippen molar-refractivity contribution in [2.75, 3.05) is 26.3 Å². The maximum atomic E-state index is 12.8. The number of benzene rings is 1. The number of ether oxygens (including phenoxy) is 1. The predicted octanol–water partition coefficient (Wildman–Crippen LogP) is 2.09. The van der Waals surface area contributed by atoms with Crippen molar-refractivity contribution in [1.82, 2.24) is 10.2 Å². The number of nitrogens with one attached hydrogen (secondary N) is 1. The van der Waals surface area contributed by atoms with Crippen molar-refractivity contribution in [3.05, 3.63) is 35.4 Å². The first-order valence-electron chi connectivity index (χ1n) is 8.15. The number of morpholine rings is 1. The molecule has 0 spiro atoms. The van der Waals surface area contributed by atoms with E-state index in [2.05, 4.69) is 25.2 Å². The lowest BCUT2D eigenvalue weighted by Gasteiger charge is -2.33. The van der Waals surface area contributed by atoms with Gasteiger partial charge in [0.05, 0.1) is 30.9 Å². The lowest BCUT2D eigenvalue weighted by molar-refractivity contribution is -0.138. The molecule has 23 heavy (non-hydrogen) atoms. The zero-order valence-corrected chi connectivity index (χ0v) is 14.1. The SMILES string of the molecule is CC(C)[C@H](N[C@H](C)c1ccc(C#N)cc1)C(=O)N1CCOCC1. The molecule has 1 aliphatic rings. The van der Waals surface area contributed by atoms with Crippen molar-refractivity contribution in [2.24, 2.45) is 5.92 Å². The van der Waals surface area contributed by atoms with Crippen LogP contribution in [0.3, 0.4) is 0 Å². The standard InChI is InChI=1S/C18H25N3O2/c1-13(2)17(18(22)21-8-10-23-11-9-21)20-14(3)16-6-4-15(12-19)5-7-16/h4-7,13-14,17,20H,8-11H2,1-3H3/t14-,17+/m1/s1. The monoisotopic (exact) mass is 315 g/mol. The van der Waals surface area contributed by atoms with Gasteiger partial charge in [-0.3, -0.25) is 10.1 Å². The quantitative estimate of drug-likeness (QED) is 0.903. The van der Waals surface area contributed by atoms with Gasteiger partial charge in [-0.05, 0) is 30.5 Å². The fourth-order valence-electron chi connectivity index (χ4n) is 2.74. The Labute approximate surface area is 138 Å². The zero-order chi connectivity index (χ0) is 16.8. The first-order valence-corrected chi connectivity index (χ1v) is 8.15. The van der Waals surface area contributed by atoms with Crippen molar-refractivity contribution in [2.45, 2.75) is 32.9 Å². The zero-order valence-electron chi connectivity index (χ0n) is 14.1. The van der Waals surface area contributed by atoms with Crippen LogP contribution in [0.5, 0.6) is 0 Å². The van der Waals surface area contributed by atoms with Crippen LogP contribution in [-0.4, -0.2) is 43.2 Å². The van der Waals surface area contributed by atoms with Crippen molar-refractivity contribution < 1.29 is 9.53 Å². The van der Waals surface area contributed by atoms with Crippen LogP contribution >= 0.6 is 0 Å². The molecule has 0 aromatic heterocycles. The molecule has 124 valence electrons. The Morgan fingerprint density at radius 2 is 1.83 bits per heavy atom. The largest absolute Gasteiger partial charge is 0.378 e. The fourth-order valence-corrected chi connectivity index (χ4v) is 2.74. The minimum Gasteiger partial charge on any atom is -0.378 e. The highest BCUT2D eigenvalue weighted by Gasteiger charge is 2.29. The second-order valence-corrected chi connectivity index (χ2v) is 6.28. The molecule has 2 rings (SSSR count). The Balaban J connectivity index is 2.05. The van der Waals surface area contributed by atoms with Crippen molar-refractivity contribution >= 4 is 5.91 Å². The van der Waals surface area contributed by atoms with Crippen LogP contribution in [-0.2, 0) is 9.53 Å². The number of hydrogen-bond acceptors (Lipinski definition) is 4. The first kappa shape index (κ1) is 17.5. The van der Waals surface area contributed by atoms with Crippen LogP contribution in [0, 0.1) is 17.2 Å². The van der Waals surface area contributed by atoms with Gasteiger partial charge in [0, 0.05) is 19.1 Å². The lowest BCUT2D eigenvalue weighted by Crippen LogP contribution is -2.52. The summed E-state index contributed by atoms with van der Waals surface area (Å²) in [6.45, 7) is 8.71.